The maximum absolute atomic E-state index is 2.45. The third kappa shape index (κ3) is 4.07. The normalized spacial score (nSPS) is 20.6. The molecule has 3 aromatic carbocycles. The predicted octanol–water partition coefficient (Wildman–Crippen LogP) is 5.59. The van der Waals surface area contributed by atoms with E-state index in [0.29, 0.717) is 17.6 Å². The molecule has 144 valence electrons. The largest absolute Gasteiger partial charge is 0.302 e. The Labute approximate surface area is 171 Å². The minimum absolute atomic E-state index is 0.366. The van der Waals surface area contributed by atoms with Gasteiger partial charge in [-0.05, 0) is 62.6 Å². The fourth-order valence-corrected chi connectivity index (χ4v) is 8.13. The summed E-state index contributed by atoms with van der Waals surface area (Å²) in [6.45, 7) is 0. The molecule has 1 nitrogen and oxygen atoms in total. The summed E-state index contributed by atoms with van der Waals surface area (Å²) in [6.07, 6.45) is 3.99. The number of hydrogen-bond donors (Lipinski definition) is 0. The zero-order valence-corrected chi connectivity index (χ0v) is 17.8. The Kier molecular flexibility index (Phi) is 6.25. The lowest BCUT2D eigenvalue weighted by Crippen LogP contribution is -2.34. The maximum atomic E-state index is 2.45. The van der Waals surface area contributed by atoms with E-state index in [4.69, 9.17) is 0 Å². The highest BCUT2D eigenvalue weighted by atomic mass is 31.1. The van der Waals surface area contributed by atoms with Crippen LogP contribution in [0.25, 0.3) is 0 Å². The SMILES string of the molecule is CN(C)[C@@H](c1ccccc1)C1CCCC1P(c1ccccc1)c1ccccc1. The average molecular weight is 388 g/mol. The maximum Gasteiger partial charge on any atom is 0.0376 e. The molecule has 0 saturated heterocycles. The quantitative estimate of drug-likeness (QED) is 0.498. The predicted molar refractivity (Wildman–Crippen MR) is 123 cm³/mol. The Morgan fingerprint density at radius 2 is 1.21 bits per heavy atom. The molecule has 0 radical (unpaired) electrons. The molecule has 0 amide bonds. The van der Waals surface area contributed by atoms with Crippen LogP contribution in [0.3, 0.4) is 0 Å². The topological polar surface area (TPSA) is 3.24 Å². The van der Waals surface area contributed by atoms with E-state index in [2.05, 4.69) is 110 Å². The zero-order valence-electron chi connectivity index (χ0n) is 16.9. The van der Waals surface area contributed by atoms with Gasteiger partial charge in [-0.2, -0.15) is 0 Å². The second-order valence-corrected chi connectivity index (χ2v) is 10.5. The first-order valence-corrected chi connectivity index (χ1v) is 11.8. The Hall–Kier alpha value is -1.95. The molecular weight excluding hydrogens is 357 g/mol. The van der Waals surface area contributed by atoms with Crippen molar-refractivity contribution in [1.82, 2.24) is 4.90 Å². The summed E-state index contributed by atoms with van der Waals surface area (Å²) in [5, 5.41) is 3.04. The number of nitrogens with zero attached hydrogens (tertiary/aromatic N) is 1. The Morgan fingerprint density at radius 3 is 1.71 bits per heavy atom. The van der Waals surface area contributed by atoms with Gasteiger partial charge in [0.1, 0.15) is 0 Å². The smallest absolute Gasteiger partial charge is 0.0376 e. The van der Waals surface area contributed by atoms with Crippen molar-refractivity contribution in [3.63, 3.8) is 0 Å². The first-order valence-electron chi connectivity index (χ1n) is 10.4. The van der Waals surface area contributed by atoms with Crippen LogP contribution in [0.2, 0.25) is 0 Å². The summed E-state index contributed by atoms with van der Waals surface area (Å²) in [4.78, 5) is 2.45. The van der Waals surface area contributed by atoms with Crippen LogP contribution in [-0.2, 0) is 0 Å². The number of hydrogen-bond acceptors (Lipinski definition) is 1. The van der Waals surface area contributed by atoms with E-state index in [1.165, 1.54) is 35.4 Å². The lowest BCUT2D eigenvalue weighted by Gasteiger charge is -2.38. The molecule has 2 heteroatoms. The fourth-order valence-electron chi connectivity index (χ4n) is 4.95. The summed E-state index contributed by atoms with van der Waals surface area (Å²) in [7, 11) is 4.14. The second-order valence-electron chi connectivity index (χ2n) is 8.02. The van der Waals surface area contributed by atoms with E-state index in [9.17, 15) is 0 Å². The Bertz CT molecular complexity index is 808. The minimum Gasteiger partial charge on any atom is -0.302 e. The molecule has 4 rings (SSSR count). The van der Waals surface area contributed by atoms with Crippen LogP contribution in [-0.4, -0.2) is 24.7 Å². The van der Waals surface area contributed by atoms with Crippen molar-refractivity contribution >= 4 is 18.5 Å². The molecule has 0 spiro atoms. The van der Waals surface area contributed by atoms with Crippen molar-refractivity contribution in [3.05, 3.63) is 96.6 Å². The molecule has 1 saturated carbocycles. The molecule has 28 heavy (non-hydrogen) atoms. The average Bonchev–Trinajstić information content (AvgIpc) is 3.19. The van der Waals surface area contributed by atoms with Crippen molar-refractivity contribution in [1.29, 1.82) is 0 Å². The first-order chi connectivity index (χ1) is 13.8. The standard InChI is InChI=1S/C26H30NP/c1-27(2)26(21-13-6-3-7-14-21)24-19-12-20-25(24)28(22-15-8-4-9-16-22)23-17-10-5-11-18-23/h3-11,13-18,24-26H,12,19-20H2,1-2H3/t24?,25?,26-/m0/s1. The van der Waals surface area contributed by atoms with Crippen LogP contribution in [0.1, 0.15) is 30.9 Å². The summed E-state index contributed by atoms with van der Waals surface area (Å²) in [5.74, 6) is 0.684. The summed E-state index contributed by atoms with van der Waals surface area (Å²) in [6, 6.07) is 34.1. The number of benzene rings is 3. The van der Waals surface area contributed by atoms with Gasteiger partial charge in [-0.15, -0.1) is 0 Å². The number of rotatable bonds is 6. The van der Waals surface area contributed by atoms with Crippen LogP contribution in [0.15, 0.2) is 91.0 Å². The van der Waals surface area contributed by atoms with Gasteiger partial charge in [0, 0.05) is 6.04 Å². The van der Waals surface area contributed by atoms with Gasteiger partial charge in [0.15, 0.2) is 0 Å². The lowest BCUT2D eigenvalue weighted by atomic mass is 9.90. The molecule has 0 aliphatic heterocycles. The van der Waals surface area contributed by atoms with E-state index < -0.39 is 0 Å². The van der Waals surface area contributed by atoms with Crippen molar-refractivity contribution in [3.8, 4) is 0 Å². The molecule has 0 aromatic heterocycles. The van der Waals surface area contributed by atoms with E-state index in [0.717, 1.165) is 0 Å². The van der Waals surface area contributed by atoms with E-state index >= 15 is 0 Å². The third-order valence-corrected chi connectivity index (χ3v) is 9.05. The minimum atomic E-state index is -0.366. The van der Waals surface area contributed by atoms with Gasteiger partial charge < -0.3 is 4.90 Å². The van der Waals surface area contributed by atoms with Gasteiger partial charge in [0.05, 0.1) is 0 Å². The van der Waals surface area contributed by atoms with Crippen molar-refractivity contribution in [2.75, 3.05) is 14.1 Å². The second kappa shape index (κ2) is 9.03. The van der Waals surface area contributed by atoms with E-state index in [-0.39, 0.29) is 7.92 Å². The van der Waals surface area contributed by atoms with Gasteiger partial charge in [-0.3, -0.25) is 0 Å². The van der Waals surface area contributed by atoms with Gasteiger partial charge in [0.2, 0.25) is 0 Å². The molecule has 1 aliphatic carbocycles. The lowest BCUT2D eigenvalue weighted by molar-refractivity contribution is 0.217. The van der Waals surface area contributed by atoms with Crippen LogP contribution in [0, 0.1) is 5.92 Å². The highest BCUT2D eigenvalue weighted by Crippen LogP contribution is 2.54. The van der Waals surface area contributed by atoms with Crippen LogP contribution in [0.5, 0.6) is 0 Å². The summed E-state index contributed by atoms with van der Waals surface area (Å²) >= 11 is 0. The Morgan fingerprint density at radius 1 is 0.714 bits per heavy atom. The molecule has 3 aromatic rings. The molecule has 0 heterocycles. The van der Waals surface area contributed by atoms with Crippen LogP contribution < -0.4 is 10.6 Å². The van der Waals surface area contributed by atoms with E-state index in [1.54, 1.807) is 0 Å². The van der Waals surface area contributed by atoms with Gasteiger partial charge >= 0.3 is 0 Å². The van der Waals surface area contributed by atoms with Crippen molar-refractivity contribution in [2.24, 2.45) is 5.92 Å². The van der Waals surface area contributed by atoms with E-state index in [1.807, 2.05) is 0 Å². The zero-order chi connectivity index (χ0) is 19.3. The molecule has 0 bridgehead atoms. The molecular formula is C26H30NP. The van der Waals surface area contributed by atoms with Crippen molar-refractivity contribution in [2.45, 2.75) is 31.0 Å². The third-order valence-electron chi connectivity index (χ3n) is 6.03. The van der Waals surface area contributed by atoms with Crippen LogP contribution in [0.4, 0.5) is 0 Å². The van der Waals surface area contributed by atoms with Crippen LogP contribution >= 0.6 is 7.92 Å². The molecule has 0 N–H and O–H groups in total. The molecule has 3 atom stereocenters. The first kappa shape index (κ1) is 19.4. The highest BCUT2D eigenvalue weighted by Gasteiger charge is 2.40. The Balaban J connectivity index is 1.75. The molecule has 2 unspecified atom stereocenters. The fraction of sp³-hybridized carbons (Fsp3) is 0.308. The molecule has 1 aliphatic rings. The van der Waals surface area contributed by atoms with Crippen molar-refractivity contribution < 1.29 is 0 Å². The van der Waals surface area contributed by atoms with Gasteiger partial charge in [0.25, 0.3) is 0 Å². The molecule has 1 fully saturated rings. The monoisotopic (exact) mass is 387 g/mol. The summed E-state index contributed by atoms with van der Waals surface area (Å²) in [5.41, 5.74) is 2.17. The summed E-state index contributed by atoms with van der Waals surface area (Å²) < 4.78 is 0. The van der Waals surface area contributed by atoms with Gasteiger partial charge in [-0.1, -0.05) is 97.4 Å². The van der Waals surface area contributed by atoms with Gasteiger partial charge in [-0.25, -0.2) is 0 Å². The highest BCUT2D eigenvalue weighted by molar-refractivity contribution is 7.73.